The van der Waals surface area contributed by atoms with Gasteiger partial charge in [0.25, 0.3) is 0 Å². The van der Waals surface area contributed by atoms with Crippen molar-refractivity contribution in [1.82, 2.24) is 0 Å². The molecule has 0 aliphatic carbocycles. The quantitative estimate of drug-likeness (QED) is 0.435. The zero-order chi connectivity index (χ0) is 4.12. The average Bonchev–Trinajstić information content (AvgIpc) is 1.41. The van der Waals surface area contributed by atoms with Crippen molar-refractivity contribution in [3.8, 4) is 0 Å². The highest BCUT2D eigenvalue weighted by Gasteiger charge is 1.80. The number of unbranched alkanes of at least 4 members (excludes halogenated alkanes) is 2. The van der Waals surface area contributed by atoms with Crippen LogP contribution in [-0.4, -0.2) is 0 Å². The van der Waals surface area contributed by atoms with E-state index in [2.05, 4.69) is 13.8 Å². The normalized spacial score (nSPS) is 8.00. The van der Waals surface area contributed by atoms with Crippen LogP contribution in [0.2, 0.25) is 0 Å². The van der Waals surface area contributed by atoms with Gasteiger partial charge in [-0.15, -0.1) is 0 Å². The first-order valence-electron chi connectivity index (χ1n) is 2.00. The van der Waals surface area contributed by atoms with Gasteiger partial charge in [0.05, 0.1) is 26.7 Å². The van der Waals surface area contributed by atoms with E-state index < -0.39 is 0 Å². The lowest BCUT2D eigenvalue weighted by Gasteiger charge is -1.67. The highest BCUT2D eigenvalue weighted by Crippen LogP contribution is 1.87. The van der Waals surface area contributed by atoms with E-state index >= 15 is 0 Å². The molecule has 0 aliphatic heterocycles. The molecule has 0 bridgehead atoms. The van der Waals surface area contributed by atoms with Crippen molar-refractivity contribution >= 4 is 0 Å². The summed E-state index contributed by atoms with van der Waals surface area (Å²) < 4.78 is 0. The second-order valence-electron chi connectivity index (χ2n) is 1.06. The molecule has 0 radical (unpaired) electrons. The lowest BCUT2D eigenvalue weighted by molar-refractivity contribution is 0.864. The highest BCUT2D eigenvalue weighted by molar-refractivity contribution is 4.41. The second kappa shape index (κ2) is 3.74. The van der Waals surface area contributed by atoms with Gasteiger partial charge in [-0.3, -0.25) is 0 Å². The van der Waals surface area contributed by atoms with E-state index in [1.165, 1.54) is 6.42 Å². The summed E-state index contributed by atoms with van der Waals surface area (Å²) in [4.78, 5) is 0. The third-order valence-corrected chi connectivity index (χ3v) is 0.500. The predicted octanol–water partition coefficient (Wildman–Crippen LogP) is 1.82. The molecule has 0 N–H and O–H groups in total. The fourth-order valence-corrected chi connectivity index (χ4v) is 0.177. The Kier molecular flexibility index (Phi) is 3.55. The summed E-state index contributed by atoms with van der Waals surface area (Å²) in [5.74, 6) is 0. The van der Waals surface area contributed by atoms with Crippen molar-refractivity contribution in [1.29, 1.82) is 0 Å². The zero-order valence-corrected chi connectivity index (χ0v) is 3.54. The number of hydrogen-bond donors (Lipinski definition) is 0. The van der Waals surface area contributed by atoms with E-state index in [1.807, 2.05) is 0 Å². The first-order valence-corrected chi connectivity index (χ1v) is 2.00. The van der Waals surface area contributed by atoms with Crippen LogP contribution < -0.4 is 0 Å². The van der Waals surface area contributed by atoms with Crippen molar-refractivity contribution in [2.75, 3.05) is 0 Å². The number of rotatable bonds is 2. The molecule has 0 amide bonds. The molecule has 0 aromatic heterocycles. The van der Waals surface area contributed by atoms with Gasteiger partial charge in [0.1, 0.15) is 0 Å². The Morgan fingerprint density at radius 1 is 1.00 bits per heavy atom. The van der Waals surface area contributed by atoms with Crippen LogP contribution in [0.3, 0.4) is 0 Å². The van der Waals surface area contributed by atoms with Crippen LogP contribution >= 0.6 is 0 Å². The van der Waals surface area contributed by atoms with Crippen LogP contribution in [0.25, 0.3) is 0 Å². The first kappa shape index (κ1) is 4.74. The highest BCUT2D eigenvalue weighted by atomic mass is 13.7. The molecule has 0 unspecified atom stereocenters. The summed E-state index contributed by atoms with van der Waals surface area (Å²) in [7, 11) is 0. The fraction of sp³-hybridized carbons (Fsp3) is 0.600. The SMILES string of the molecule is [CH2+]CCC[CH2+]. The van der Waals surface area contributed by atoms with Crippen molar-refractivity contribution in [2.24, 2.45) is 0 Å². The molecule has 0 aromatic carbocycles. The Morgan fingerprint density at radius 2 is 1.40 bits per heavy atom. The Hall–Kier alpha value is -0.260. The van der Waals surface area contributed by atoms with Gasteiger partial charge in [-0.2, -0.15) is 0 Å². The number of hydrogen-bond acceptors (Lipinski definition) is 0. The minimum atomic E-state index is 1.03. The lowest BCUT2D eigenvalue weighted by Crippen LogP contribution is -1.60. The van der Waals surface area contributed by atoms with Gasteiger partial charge in [-0.05, 0) is 0 Å². The van der Waals surface area contributed by atoms with E-state index in [0.29, 0.717) is 0 Å². The summed E-state index contributed by atoms with van der Waals surface area (Å²) in [5, 5.41) is 0. The summed E-state index contributed by atoms with van der Waals surface area (Å²) in [6.45, 7) is 7.27. The third-order valence-electron chi connectivity index (χ3n) is 0.500. The van der Waals surface area contributed by atoms with Gasteiger partial charge >= 0.3 is 0 Å². The predicted molar refractivity (Wildman–Crippen MR) is 24.6 cm³/mol. The van der Waals surface area contributed by atoms with Crippen molar-refractivity contribution in [3.63, 3.8) is 0 Å². The van der Waals surface area contributed by atoms with Gasteiger partial charge in [-0.1, -0.05) is 0 Å². The van der Waals surface area contributed by atoms with Gasteiger partial charge in [0.2, 0.25) is 0 Å². The molecule has 0 aromatic rings. The molecule has 0 heterocycles. The molecule has 5 heavy (non-hydrogen) atoms. The Balaban J connectivity index is 2.19. The zero-order valence-electron chi connectivity index (χ0n) is 3.54. The van der Waals surface area contributed by atoms with Gasteiger partial charge in [0.15, 0.2) is 0 Å². The molecule has 0 saturated heterocycles. The molecular weight excluding hydrogens is 60.1 g/mol. The third kappa shape index (κ3) is 3.74. The summed E-state index contributed by atoms with van der Waals surface area (Å²) in [5.41, 5.74) is 0. The standard InChI is InChI=1S/C5H10/c1-3-5-4-2/h1-5H2/q+2. The molecule has 0 aliphatic rings. The molecular formula is C5H10+2. The second-order valence-corrected chi connectivity index (χ2v) is 1.06. The van der Waals surface area contributed by atoms with Crippen molar-refractivity contribution < 1.29 is 0 Å². The maximum Gasteiger partial charge on any atom is 0.0891 e. The average molecular weight is 70.1 g/mol. The fourth-order valence-electron chi connectivity index (χ4n) is 0.177. The van der Waals surface area contributed by atoms with Crippen LogP contribution in [0, 0.1) is 13.8 Å². The summed E-state index contributed by atoms with van der Waals surface area (Å²) in [6.07, 6.45) is 3.23. The summed E-state index contributed by atoms with van der Waals surface area (Å²) >= 11 is 0. The molecule has 0 nitrogen and oxygen atoms in total. The van der Waals surface area contributed by atoms with E-state index in [-0.39, 0.29) is 0 Å². The van der Waals surface area contributed by atoms with Gasteiger partial charge in [-0.25, -0.2) is 0 Å². The molecule has 0 fully saturated rings. The summed E-state index contributed by atoms with van der Waals surface area (Å²) in [6, 6.07) is 0. The monoisotopic (exact) mass is 70.1 g/mol. The van der Waals surface area contributed by atoms with Crippen LogP contribution in [0.15, 0.2) is 0 Å². The molecule has 0 spiro atoms. The van der Waals surface area contributed by atoms with Crippen molar-refractivity contribution in [2.45, 2.75) is 19.3 Å². The van der Waals surface area contributed by atoms with Crippen LogP contribution in [0.5, 0.6) is 0 Å². The molecule has 0 heteroatoms. The van der Waals surface area contributed by atoms with E-state index in [1.54, 1.807) is 0 Å². The van der Waals surface area contributed by atoms with Crippen LogP contribution in [0.1, 0.15) is 19.3 Å². The van der Waals surface area contributed by atoms with Gasteiger partial charge in [0, 0.05) is 6.42 Å². The van der Waals surface area contributed by atoms with E-state index in [0.717, 1.165) is 12.8 Å². The Bertz CT molecular complexity index is 7.51. The minimum Gasteiger partial charge on any atom is 0.0278 e. The van der Waals surface area contributed by atoms with Crippen LogP contribution in [-0.2, 0) is 0 Å². The van der Waals surface area contributed by atoms with Crippen LogP contribution in [0.4, 0.5) is 0 Å². The Morgan fingerprint density at radius 3 is 1.40 bits per heavy atom. The largest absolute Gasteiger partial charge is 0.0891 e. The molecule has 0 saturated carbocycles. The van der Waals surface area contributed by atoms with E-state index in [9.17, 15) is 0 Å². The molecule has 28 valence electrons. The lowest BCUT2D eigenvalue weighted by atomic mass is 10.3. The first-order chi connectivity index (χ1) is 2.41. The van der Waals surface area contributed by atoms with E-state index in [4.69, 9.17) is 0 Å². The minimum absolute atomic E-state index is 1.03. The van der Waals surface area contributed by atoms with Gasteiger partial charge < -0.3 is 0 Å². The maximum absolute atomic E-state index is 3.64. The smallest absolute Gasteiger partial charge is 0.0278 e. The maximum atomic E-state index is 3.64. The molecule has 0 atom stereocenters. The Labute approximate surface area is 34.2 Å². The van der Waals surface area contributed by atoms with Crippen molar-refractivity contribution in [3.05, 3.63) is 13.8 Å². The molecule has 0 rings (SSSR count). The topological polar surface area (TPSA) is 0 Å².